The fraction of sp³-hybridized carbons (Fsp3) is 0.800. The largest absolute Gasteiger partial charge is 0.501 e. The minimum Gasteiger partial charge on any atom is -0.501 e. The molecule has 1 rings (SSSR count). The maximum atomic E-state index is 5.23. The smallest absolute Gasteiger partial charge is 0.0918 e. The zero-order valence-electron chi connectivity index (χ0n) is 7.76. The van der Waals surface area contributed by atoms with E-state index in [0.29, 0.717) is 0 Å². The first-order valence-electron chi connectivity index (χ1n) is 4.48. The molecule has 1 heteroatoms. The normalized spacial score (nSPS) is 25.1. The van der Waals surface area contributed by atoms with Crippen molar-refractivity contribution in [3.8, 4) is 0 Å². The van der Waals surface area contributed by atoms with Crippen molar-refractivity contribution in [1.82, 2.24) is 0 Å². The van der Waals surface area contributed by atoms with E-state index in [4.69, 9.17) is 4.74 Å². The van der Waals surface area contributed by atoms with Crippen LogP contribution in [0.1, 0.15) is 33.1 Å². The third-order valence-corrected chi connectivity index (χ3v) is 2.48. The molecule has 0 N–H and O–H groups in total. The van der Waals surface area contributed by atoms with Gasteiger partial charge < -0.3 is 4.74 Å². The van der Waals surface area contributed by atoms with Crippen molar-refractivity contribution < 1.29 is 4.74 Å². The fourth-order valence-electron chi connectivity index (χ4n) is 1.61. The van der Waals surface area contributed by atoms with Crippen LogP contribution in [0.15, 0.2) is 11.8 Å². The minimum atomic E-state index is 0.749. The second-order valence-electron chi connectivity index (χ2n) is 3.64. The SMILES string of the molecule is COC1=CC(C(C)C)CCC1. The summed E-state index contributed by atoms with van der Waals surface area (Å²) in [6.07, 6.45) is 6.07. The van der Waals surface area contributed by atoms with Gasteiger partial charge in [-0.2, -0.15) is 0 Å². The van der Waals surface area contributed by atoms with Crippen LogP contribution in [0.2, 0.25) is 0 Å². The number of allylic oxidation sites excluding steroid dienone is 2. The third-order valence-electron chi connectivity index (χ3n) is 2.48. The van der Waals surface area contributed by atoms with Crippen molar-refractivity contribution in [2.24, 2.45) is 11.8 Å². The van der Waals surface area contributed by atoms with E-state index in [9.17, 15) is 0 Å². The molecule has 64 valence electrons. The van der Waals surface area contributed by atoms with Crippen molar-refractivity contribution >= 4 is 0 Å². The summed E-state index contributed by atoms with van der Waals surface area (Å²) in [5, 5.41) is 0. The van der Waals surface area contributed by atoms with E-state index in [1.165, 1.54) is 18.6 Å². The lowest BCUT2D eigenvalue weighted by Crippen LogP contribution is -2.11. The number of methoxy groups -OCH3 is 1. The van der Waals surface area contributed by atoms with Crippen molar-refractivity contribution in [1.29, 1.82) is 0 Å². The van der Waals surface area contributed by atoms with Gasteiger partial charge in [0.05, 0.1) is 12.9 Å². The Morgan fingerprint density at radius 3 is 2.82 bits per heavy atom. The summed E-state index contributed by atoms with van der Waals surface area (Å²) in [5.74, 6) is 2.70. The zero-order chi connectivity index (χ0) is 8.27. The van der Waals surface area contributed by atoms with Crippen molar-refractivity contribution in [2.45, 2.75) is 33.1 Å². The van der Waals surface area contributed by atoms with Crippen LogP contribution in [-0.2, 0) is 4.74 Å². The molecule has 0 aliphatic heterocycles. The average Bonchev–Trinajstić information content (AvgIpc) is 2.05. The molecular formula is C10H18O. The predicted octanol–water partition coefficient (Wildman–Crippen LogP) is 2.97. The molecule has 0 fully saturated rings. The van der Waals surface area contributed by atoms with E-state index < -0.39 is 0 Å². The van der Waals surface area contributed by atoms with Crippen molar-refractivity contribution in [2.75, 3.05) is 7.11 Å². The van der Waals surface area contributed by atoms with Gasteiger partial charge in [-0.05, 0) is 30.8 Å². The summed E-state index contributed by atoms with van der Waals surface area (Å²) in [7, 11) is 1.77. The van der Waals surface area contributed by atoms with E-state index >= 15 is 0 Å². The van der Waals surface area contributed by atoms with Gasteiger partial charge in [0, 0.05) is 6.42 Å². The highest BCUT2D eigenvalue weighted by atomic mass is 16.5. The molecule has 0 bridgehead atoms. The number of hydrogen-bond acceptors (Lipinski definition) is 1. The molecule has 1 nitrogen and oxygen atoms in total. The first kappa shape index (κ1) is 8.63. The lowest BCUT2D eigenvalue weighted by molar-refractivity contribution is 0.248. The summed E-state index contributed by atoms with van der Waals surface area (Å²) in [6, 6.07) is 0. The van der Waals surface area contributed by atoms with E-state index in [-0.39, 0.29) is 0 Å². The molecule has 1 aliphatic carbocycles. The Labute approximate surface area is 69.4 Å². The monoisotopic (exact) mass is 154 g/mol. The average molecular weight is 154 g/mol. The zero-order valence-corrected chi connectivity index (χ0v) is 7.76. The molecule has 0 saturated carbocycles. The summed E-state index contributed by atoms with van der Waals surface area (Å²) < 4.78 is 5.23. The van der Waals surface area contributed by atoms with Crippen LogP contribution in [0, 0.1) is 11.8 Å². The van der Waals surface area contributed by atoms with Crippen molar-refractivity contribution in [3.63, 3.8) is 0 Å². The second kappa shape index (κ2) is 3.80. The second-order valence-corrected chi connectivity index (χ2v) is 3.64. The summed E-state index contributed by atoms with van der Waals surface area (Å²) in [6.45, 7) is 4.56. The standard InChI is InChI=1S/C10H18O/c1-8(2)9-5-4-6-10(7-9)11-3/h7-9H,4-6H2,1-3H3. The Hall–Kier alpha value is -0.460. The Morgan fingerprint density at radius 2 is 2.27 bits per heavy atom. The molecule has 0 amide bonds. The van der Waals surface area contributed by atoms with Gasteiger partial charge in [-0.25, -0.2) is 0 Å². The van der Waals surface area contributed by atoms with Gasteiger partial charge in [-0.15, -0.1) is 0 Å². The molecule has 0 radical (unpaired) electrons. The summed E-state index contributed by atoms with van der Waals surface area (Å²) in [5.41, 5.74) is 0. The molecular weight excluding hydrogens is 136 g/mol. The van der Waals surface area contributed by atoms with Gasteiger partial charge in [-0.1, -0.05) is 13.8 Å². The van der Waals surface area contributed by atoms with E-state index in [1.54, 1.807) is 7.11 Å². The summed E-state index contributed by atoms with van der Waals surface area (Å²) >= 11 is 0. The predicted molar refractivity (Wildman–Crippen MR) is 47.3 cm³/mol. The molecule has 0 saturated heterocycles. The molecule has 0 aromatic rings. The van der Waals surface area contributed by atoms with Crippen LogP contribution in [0.25, 0.3) is 0 Å². The lowest BCUT2D eigenvalue weighted by atomic mass is 9.86. The van der Waals surface area contributed by atoms with Gasteiger partial charge in [0.2, 0.25) is 0 Å². The Balaban J connectivity index is 2.55. The number of ether oxygens (including phenoxy) is 1. The fourth-order valence-corrected chi connectivity index (χ4v) is 1.61. The first-order chi connectivity index (χ1) is 5.24. The molecule has 0 aromatic heterocycles. The minimum absolute atomic E-state index is 0.749. The maximum Gasteiger partial charge on any atom is 0.0918 e. The van der Waals surface area contributed by atoms with Crippen LogP contribution < -0.4 is 0 Å². The van der Waals surface area contributed by atoms with Crippen LogP contribution in [0.3, 0.4) is 0 Å². The van der Waals surface area contributed by atoms with Crippen LogP contribution >= 0.6 is 0 Å². The summed E-state index contributed by atoms with van der Waals surface area (Å²) in [4.78, 5) is 0. The number of rotatable bonds is 2. The Bertz CT molecular complexity index is 147. The van der Waals surface area contributed by atoms with Crippen LogP contribution in [0.4, 0.5) is 0 Å². The topological polar surface area (TPSA) is 9.23 Å². The van der Waals surface area contributed by atoms with Crippen LogP contribution in [-0.4, -0.2) is 7.11 Å². The Kier molecular flexibility index (Phi) is 2.98. The highest BCUT2D eigenvalue weighted by molar-refractivity contribution is 5.01. The number of hydrogen-bond donors (Lipinski definition) is 0. The molecule has 11 heavy (non-hydrogen) atoms. The quantitative estimate of drug-likeness (QED) is 0.594. The van der Waals surface area contributed by atoms with E-state index in [0.717, 1.165) is 18.3 Å². The molecule has 1 aliphatic rings. The third kappa shape index (κ3) is 2.25. The molecule has 0 spiro atoms. The molecule has 1 unspecified atom stereocenters. The van der Waals surface area contributed by atoms with Crippen molar-refractivity contribution in [3.05, 3.63) is 11.8 Å². The Morgan fingerprint density at radius 1 is 1.55 bits per heavy atom. The molecule has 0 aromatic carbocycles. The molecule has 0 heterocycles. The highest BCUT2D eigenvalue weighted by Crippen LogP contribution is 2.28. The highest BCUT2D eigenvalue weighted by Gasteiger charge is 2.16. The van der Waals surface area contributed by atoms with Gasteiger partial charge in [0.1, 0.15) is 0 Å². The molecule has 1 atom stereocenters. The van der Waals surface area contributed by atoms with Gasteiger partial charge in [0.15, 0.2) is 0 Å². The first-order valence-corrected chi connectivity index (χ1v) is 4.48. The van der Waals surface area contributed by atoms with Gasteiger partial charge in [0.25, 0.3) is 0 Å². The van der Waals surface area contributed by atoms with Gasteiger partial charge in [-0.3, -0.25) is 0 Å². The maximum absolute atomic E-state index is 5.23. The lowest BCUT2D eigenvalue weighted by Gasteiger charge is -2.22. The van der Waals surface area contributed by atoms with E-state index in [1.807, 2.05) is 0 Å². The van der Waals surface area contributed by atoms with Crippen LogP contribution in [0.5, 0.6) is 0 Å². The van der Waals surface area contributed by atoms with Gasteiger partial charge >= 0.3 is 0 Å². The van der Waals surface area contributed by atoms with E-state index in [2.05, 4.69) is 19.9 Å².